The molecule has 0 aromatic heterocycles. The zero-order valence-corrected chi connectivity index (χ0v) is 21.5. The third-order valence-corrected chi connectivity index (χ3v) is 6.53. The Kier molecular flexibility index (Phi) is 9.58. The second kappa shape index (κ2) is 13.5. The van der Waals surface area contributed by atoms with E-state index in [-0.39, 0.29) is 11.8 Å². The number of nitrogens with one attached hydrogen (secondary N) is 1. The summed E-state index contributed by atoms with van der Waals surface area (Å²) < 4.78 is 11.3. The summed E-state index contributed by atoms with van der Waals surface area (Å²) in [7, 11) is 0. The SMILES string of the molecule is CCCCNC(=O)[C@@H](Cc1ccccc1)N(Cc1ccccc1)C(=O)CCc1ccc2c(c1)OCCO2. The molecule has 1 atom stereocenters. The van der Waals surface area contributed by atoms with Crippen molar-refractivity contribution in [3.63, 3.8) is 0 Å². The predicted molar refractivity (Wildman–Crippen MR) is 145 cm³/mol. The van der Waals surface area contributed by atoms with Crippen molar-refractivity contribution < 1.29 is 19.1 Å². The van der Waals surface area contributed by atoms with Gasteiger partial charge < -0.3 is 19.7 Å². The first-order valence-electron chi connectivity index (χ1n) is 13.2. The zero-order valence-electron chi connectivity index (χ0n) is 21.5. The molecule has 6 nitrogen and oxygen atoms in total. The van der Waals surface area contributed by atoms with E-state index in [0.717, 1.165) is 41.0 Å². The van der Waals surface area contributed by atoms with Gasteiger partial charge in [0.15, 0.2) is 11.5 Å². The molecule has 0 fully saturated rings. The van der Waals surface area contributed by atoms with Crippen molar-refractivity contribution in [3.8, 4) is 11.5 Å². The first kappa shape index (κ1) is 26.3. The minimum absolute atomic E-state index is 0.0506. The molecule has 6 heteroatoms. The van der Waals surface area contributed by atoms with Gasteiger partial charge in [-0.05, 0) is 41.7 Å². The van der Waals surface area contributed by atoms with Gasteiger partial charge >= 0.3 is 0 Å². The molecule has 1 heterocycles. The number of unbranched alkanes of at least 4 members (excludes halogenated alkanes) is 1. The maximum Gasteiger partial charge on any atom is 0.243 e. The zero-order chi connectivity index (χ0) is 25.9. The van der Waals surface area contributed by atoms with E-state index in [1.807, 2.05) is 78.9 Å². The van der Waals surface area contributed by atoms with E-state index in [2.05, 4.69) is 12.2 Å². The number of amides is 2. The quantitative estimate of drug-likeness (QED) is 0.358. The van der Waals surface area contributed by atoms with Crippen molar-refractivity contribution in [1.29, 1.82) is 0 Å². The number of aryl methyl sites for hydroxylation is 1. The third kappa shape index (κ3) is 7.59. The molecule has 0 radical (unpaired) electrons. The van der Waals surface area contributed by atoms with Crippen molar-refractivity contribution >= 4 is 11.8 Å². The van der Waals surface area contributed by atoms with Crippen LogP contribution in [-0.4, -0.2) is 42.5 Å². The number of fused-ring (bicyclic) bond motifs is 1. The first-order valence-corrected chi connectivity index (χ1v) is 13.2. The Bertz CT molecular complexity index is 1150. The van der Waals surface area contributed by atoms with Gasteiger partial charge in [0, 0.05) is 25.9 Å². The summed E-state index contributed by atoms with van der Waals surface area (Å²) in [6.45, 7) is 4.14. The van der Waals surface area contributed by atoms with E-state index in [1.165, 1.54) is 0 Å². The van der Waals surface area contributed by atoms with Gasteiger partial charge in [0.05, 0.1) is 0 Å². The Morgan fingerprint density at radius 2 is 1.54 bits per heavy atom. The number of carbonyl (C=O) groups excluding carboxylic acids is 2. The van der Waals surface area contributed by atoms with Gasteiger partial charge in [0.25, 0.3) is 0 Å². The molecular weight excluding hydrogens is 464 g/mol. The fourth-order valence-corrected chi connectivity index (χ4v) is 4.48. The van der Waals surface area contributed by atoms with Gasteiger partial charge in [0.1, 0.15) is 19.3 Å². The molecule has 2 amide bonds. The number of rotatable bonds is 12. The van der Waals surface area contributed by atoms with Crippen molar-refractivity contribution in [2.45, 2.75) is 51.6 Å². The Morgan fingerprint density at radius 1 is 0.865 bits per heavy atom. The lowest BCUT2D eigenvalue weighted by Gasteiger charge is -2.32. The molecule has 0 unspecified atom stereocenters. The van der Waals surface area contributed by atoms with Gasteiger partial charge in [-0.1, -0.05) is 80.1 Å². The normalized spacial score (nSPS) is 13.0. The molecule has 0 aliphatic carbocycles. The third-order valence-electron chi connectivity index (χ3n) is 6.53. The number of hydrogen-bond donors (Lipinski definition) is 1. The fourth-order valence-electron chi connectivity index (χ4n) is 4.48. The molecule has 0 spiro atoms. The van der Waals surface area contributed by atoms with Crippen molar-refractivity contribution in [1.82, 2.24) is 10.2 Å². The summed E-state index contributed by atoms with van der Waals surface area (Å²) in [4.78, 5) is 29.0. The summed E-state index contributed by atoms with van der Waals surface area (Å²) in [6, 6.07) is 25.0. The first-order chi connectivity index (χ1) is 18.1. The smallest absolute Gasteiger partial charge is 0.243 e. The summed E-state index contributed by atoms with van der Waals surface area (Å²) in [6.07, 6.45) is 3.20. The molecule has 194 valence electrons. The van der Waals surface area contributed by atoms with E-state index in [0.29, 0.717) is 45.6 Å². The highest BCUT2D eigenvalue weighted by Crippen LogP contribution is 2.31. The lowest BCUT2D eigenvalue weighted by Crippen LogP contribution is -2.50. The van der Waals surface area contributed by atoms with Gasteiger partial charge in [0.2, 0.25) is 11.8 Å². The fraction of sp³-hybridized carbons (Fsp3) is 0.355. The molecule has 1 aliphatic rings. The number of ether oxygens (including phenoxy) is 2. The molecule has 1 aliphatic heterocycles. The largest absolute Gasteiger partial charge is 0.486 e. The van der Waals surface area contributed by atoms with Crippen LogP contribution in [0.15, 0.2) is 78.9 Å². The van der Waals surface area contributed by atoms with Crippen LogP contribution >= 0.6 is 0 Å². The second-order valence-electron chi connectivity index (χ2n) is 9.34. The Morgan fingerprint density at radius 3 is 2.24 bits per heavy atom. The lowest BCUT2D eigenvalue weighted by atomic mass is 10.0. The van der Waals surface area contributed by atoms with Crippen LogP contribution in [0, 0.1) is 0 Å². The molecule has 0 bridgehead atoms. The molecule has 1 N–H and O–H groups in total. The van der Waals surface area contributed by atoms with E-state index < -0.39 is 6.04 Å². The molecular formula is C31H36N2O4. The predicted octanol–water partition coefficient (Wildman–Crippen LogP) is 4.95. The molecule has 3 aromatic carbocycles. The Labute approximate surface area is 219 Å². The van der Waals surface area contributed by atoms with Crippen LogP contribution in [0.3, 0.4) is 0 Å². The van der Waals surface area contributed by atoms with Crippen molar-refractivity contribution in [2.75, 3.05) is 19.8 Å². The monoisotopic (exact) mass is 500 g/mol. The van der Waals surface area contributed by atoms with Gasteiger partial charge in [-0.15, -0.1) is 0 Å². The van der Waals surface area contributed by atoms with Crippen LogP contribution in [-0.2, 0) is 29.0 Å². The molecule has 3 aromatic rings. The molecule has 4 rings (SSSR count). The minimum Gasteiger partial charge on any atom is -0.486 e. The highest BCUT2D eigenvalue weighted by molar-refractivity contribution is 5.88. The highest BCUT2D eigenvalue weighted by Gasteiger charge is 2.30. The van der Waals surface area contributed by atoms with E-state index >= 15 is 0 Å². The van der Waals surface area contributed by atoms with E-state index in [4.69, 9.17) is 9.47 Å². The molecule has 0 saturated heterocycles. The van der Waals surface area contributed by atoms with E-state index in [1.54, 1.807) is 4.90 Å². The summed E-state index contributed by atoms with van der Waals surface area (Å²) >= 11 is 0. The average molecular weight is 501 g/mol. The summed E-state index contributed by atoms with van der Waals surface area (Å²) in [5.41, 5.74) is 3.02. The Hall–Kier alpha value is -3.80. The average Bonchev–Trinajstić information content (AvgIpc) is 2.94. The maximum absolute atomic E-state index is 13.8. The van der Waals surface area contributed by atoms with Crippen LogP contribution < -0.4 is 14.8 Å². The van der Waals surface area contributed by atoms with Crippen LogP contribution in [0.2, 0.25) is 0 Å². The number of nitrogens with zero attached hydrogens (tertiary/aromatic N) is 1. The standard InChI is InChI=1S/C31H36N2O4/c1-2-3-18-32-31(35)27(21-24-10-6-4-7-11-24)33(23-26-12-8-5-9-13-26)30(34)17-15-25-14-16-28-29(22-25)37-20-19-36-28/h4-14,16,22,27H,2-3,15,17-21,23H2,1H3,(H,32,35)/t27-/m1/s1. The Balaban J connectivity index is 1.55. The molecule has 0 saturated carbocycles. The van der Waals surface area contributed by atoms with Gasteiger partial charge in [-0.3, -0.25) is 9.59 Å². The summed E-state index contributed by atoms with van der Waals surface area (Å²) in [5.74, 6) is 1.29. The van der Waals surface area contributed by atoms with Crippen LogP contribution in [0.4, 0.5) is 0 Å². The van der Waals surface area contributed by atoms with Crippen LogP contribution in [0.5, 0.6) is 11.5 Å². The van der Waals surface area contributed by atoms with Crippen LogP contribution in [0.25, 0.3) is 0 Å². The second-order valence-corrected chi connectivity index (χ2v) is 9.34. The van der Waals surface area contributed by atoms with Crippen molar-refractivity contribution in [2.24, 2.45) is 0 Å². The van der Waals surface area contributed by atoms with Gasteiger partial charge in [-0.2, -0.15) is 0 Å². The number of carbonyl (C=O) groups is 2. The molecule has 37 heavy (non-hydrogen) atoms. The highest BCUT2D eigenvalue weighted by atomic mass is 16.6. The number of benzene rings is 3. The topological polar surface area (TPSA) is 67.9 Å². The number of hydrogen-bond acceptors (Lipinski definition) is 4. The van der Waals surface area contributed by atoms with Crippen molar-refractivity contribution in [3.05, 3.63) is 95.6 Å². The van der Waals surface area contributed by atoms with Crippen LogP contribution in [0.1, 0.15) is 42.9 Å². The lowest BCUT2D eigenvalue weighted by molar-refractivity contribution is -0.141. The maximum atomic E-state index is 13.8. The van der Waals surface area contributed by atoms with E-state index in [9.17, 15) is 9.59 Å². The summed E-state index contributed by atoms with van der Waals surface area (Å²) in [5, 5.41) is 3.07. The van der Waals surface area contributed by atoms with Gasteiger partial charge in [-0.25, -0.2) is 0 Å². The minimum atomic E-state index is -0.604.